The fraction of sp³-hybridized carbons (Fsp3) is 0.828. The molecule has 0 amide bonds. The number of aliphatic hydroxyl groups is 1. The van der Waals surface area contributed by atoms with Crippen LogP contribution in [0.3, 0.4) is 0 Å². The second-order valence-electron chi connectivity index (χ2n) is 12.4. The first-order chi connectivity index (χ1) is 14.7. The predicted molar refractivity (Wildman–Crippen MR) is 128 cm³/mol. The lowest BCUT2D eigenvalue weighted by molar-refractivity contribution is 0.0276. The molecule has 0 saturated heterocycles. The SMILES string of the molecule is C=C1CCC2CC12[C@](O)(/C=C1\CCC[C@]2(C)[C@@H]([C@H](C)CCCC(C)C)CC[C@@H]12)CC#N. The molecule has 0 bridgehead atoms. The van der Waals surface area contributed by atoms with E-state index in [1.807, 2.05) is 0 Å². The molecule has 2 nitrogen and oxygen atoms in total. The van der Waals surface area contributed by atoms with Crippen molar-refractivity contribution in [3.05, 3.63) is 23.8 Å². The third-order valence-corrected chi connectivity index (χ3v) is 10.2. The highest BCUT2D eigenvalue weighted by atomic mass is 16.3. The molecule has 7 atom stereocenters. The molecule has 2 heteroatoms. The molecule has 0 spiro atoms. The maximum Gasteiger partial charge on any atom is 0.105 e. The zero-order valence-corrected chi connectivity index (χ0v) is 20.6. The summed E-state index contributed by atoms with van der Waals surface area (Å²) < 4.78 is 0. The Kier molecular flexibility index (Phi) is 6.24. The van der Waals surface area contributed by atoms with E-state index in [2.05, 4.69) is 46.4 Å². The van der Waals surface area contributed by atoms with Crippen LogP contribution in [0.5, 0.6) is 0 Å². The van der Waals surface area contributed by atoms with Gasteiger partial charge in [-0.2, -0.15) is 5.26 Å². The van der Waals surface area contributed by atoms with Crippen LogP contribution >= 0.6 is 0 Å². The van der Waals surface area contributed by atoms with Gasteiger partial charge in [0.25, 0.3) is 0 Å². The lowest BCUT2D eigenvalue weighted by atomic mass is 9.60. The van der Waals surface area contributed by atoms with Crippen LogP contribution in [0.2, 0.25) is 0 Å². The quantitative estimate of drug-likeness (QED) is 0.409. The highest BCUT2D eigenvalue weighted by Crippen LogP contribution is 2.72. The molecular formula is C29H45NO. The monoisotopic (exact) mass is 423 g/mol. The Bertz CT molecular complexity index is 774. The summed E-state index contributed by atoms with van der Waals surface area (Å²) in [6.07, 6.45) is 16.0. The van der Waals surface area contributed by atoms with E-state index in [9.17, 15) is 10.4 Å². The maximum atomic E-state index is 11.9. The molecular weight excluding hydrogens is 378 g/mol. The van der Waals surface area contributed by atoms with Gasteiger partial charge in [0.1, 0.15) is 5.60 Å². The molecule has 31 heavy (non-hydrogen) atoms. The molecule has 0 aliphatic heterocycles. The Morgan fingerprint density at radius 2 is 2.00 bits per heavy atom. The van der Waals surface area contributed by atoms with Crippen molar-refractivity contribution in [2.45, 2.75) is 110 Å². The first kappa shape index (κ1) is 23.1. The standard InChI is InChI=1S/C29H45NO/c1-20(2)8-6-9-21(3)25-13-14-26-23(10-7-15-27(25,26)5)18-28(31,16-17-30)29-19-24(29)12-11-22(29)4/h18,20-21,24-26,31H,4,6-16,19H2,1-3,5H3/b23-18+/t21-,24?,25-,26+,27-,28-,29?/m1/s1. The minimum atomic E-state index is -1.01. The summed E-state index contributed by atoms with van der Waals surface area (Å²) in [5.74, 6) is 3.52. The zero-order valence-electron chi connectivity index (χ0n) is 20.6. The Hall–Kier alpha value is -1.07. The average Bonchev–Trinajstić information content (AvgIpc) is 3.22. The van der Waals surface area contributed by atoms with Crippen molar-refractivity contribution in [3.63, 3.8) is 0 Å². The van der Waals surface area contributed by atoms with Gasteiger partial charge in [0.2, 0.25) is 0 Å². The van der Waals surface area contributed by atoms with Crippen LogP contribution in [-0.2, 0) is 0 Å². The Labute approximate surface area is 191 Å². The van der Waals surface area contributed by atoms with Crippen molar-refractivity contribution in [2.24, 2.45) is 40.4 Å². The lowest BCUT2D eigenvalue weighted by Crippen LogP contribution is -2.41. The van der Waals surface area contributed by atoms with Crippen LogP contribution in [0.4, 0.5) is 0 Å². The number of hydrogen-bond donors (Lipinski definition) is 1. The van der Waals surface area contributed by atoms with E-state index in [0.717, 1.165) is 43.4 Å². The molecule has 0 aromatic rings. The fourth-order valence-corrected chi connectivity index (χ4v) is 8.52. The van der Waals surface area contributed by atoms with Crippen LogP contribution in [-0.4, -0.2) is 10.7 Å². The van der Waals surface area contributed by atoms with Crippen LogP contribution in [0.15, 0.2) is 23.8 Å². The van der Waals surface area contributed by atoms with Gasteiger partial charge in [-0.1, -0.05) is 70.8 Å². The number of allylic oxidation sites excluding steroid dienone is 1. The van der Waals surface area contributed by atoms with Crippen LogP contribution in [0.1, 0.15) is 105 Å². The summed E-state index contributed by atoms with van der Waals surface area (Å²) in [6.45, 7) is 14.1. The van der Waals surface area contributed by atoms with Gasteiger partial charge >= 0.3 is 0 Å². The van der Waals surface area contributed by atoms with Crippen LogP contribution in [0, 0.1) is 51.8 Å². The van der Waals surface area contributed by atoms with Crippen molar-refractivity contribution in [1.29, 1.82) is 5.26 Å². The molecule has 4 rings (SSSR count). The predicted octanol–water partition coefficient (Wildman–Crippen LogP) is 7.59. The molecule has 4 fully saturated rings. The number of nitriles is 1. The number of fused-ring (bicyclic) bond motifs is 2. The minimum Gasteiger partial charge on any atom is -0.384 e. The fourth-order valence-electron chi connectivity index (χ4n) is 8.52. The van der Waals surface area contributed by atoms with E-state index in [0.29, 0.717) is 17.3 Å². The summed E-state index contributed by atoms with van der Waals surface area (Å²) in [7, 11) is 0. The molecule has 0 aromatic heterocycles. The van der Waals surface area contributed by atoms with Gasteiger partial charge < -0.3 is 5.11 Å². The molecule has 4 aliphatic carbocycles. The van der Waals surface area contributed by atoms with Crippen LogP contribution in [0.25, 0.3) is 0 Å². The first-order valence-electron chi connectivity index (χ1n) is 13.2. The Balaban J connectivity index is 1.56. The van der Waals surface area contributed by atoms with Gasteiger partial charge in [0, 0.05) is 5.41 Å². The van der Waals surface area contributed by atoms with E-state index in [1.165, 1.54) is 56.1 Å². The largest absolute Gasteiger partial charge is 0.384 e. The van der Waals surface area contributed by atoms with E-state index in [1.54, 1.807) is 0 Å². The van der Waals surface area contributed by atoms with Crippen molar-refractivity contribution in [1.82, 2.24) is 0 Å². The number of hydrogen-bond acceptors (Lipinski definition) is 2. The minimum absolute atomic E-state index is 0.203. The summed E-state index contributed by atoms with van der Waals surface area (Å²) in [6, 6.07) is 2.34. The molecule has 4 aliphatic rings. The summed E-state index contributed by atoms with van der Waals surface area (Å²) in [5, 5.41) is 21.5. The van der Waals surface area contributed by atoms with E-state index in [4.69, 9.17) is 0 Å². The van der Waals surface area contributed by atoms with Crippen LogP contribution < -0.4 is 0 Å². The number of rotatable bonds is 8. The zero-order chi connectivity index (χ0) is 22.4. The van der Waals surface area contributed by atoms with Gasteiger partial charge in [-0.05, 0) is 86.4 Å². The molecule has 0 radical (unpaired) electrons. The van der Waals surface area contributed by atoms with Crippen molar-refractivity contribution in [3.8, 4) is 6.07 Å². The normalized spacial score (nSPS) is 41.0. The molecule has 4 saturated carbocycles. The van der Waals surface area contributed by atoms with Gasteiger partial charge in [0.05, 0.1) is 12.5 Å². The molecule has 0 heterocycles. The molecule has 2 unspecified atom stereocenters. The summed E-state index contributed by atoms with van der Waals surface area (Å²) >= 11 is 0. The summed E-state index contributed by atoms with van der Waals surface area (Å²) in [4.78, 5) is 0. The van der Waals surface area contributed by atoms with Gasteiger partial charge in [-0.25, -0.2) is 0 Å². The second-order valence-corrected chi connectivity index (χ2v) is 12.4. The molecule has 172 valence electrons. The lowest BCUT2D eigenvalue weighted by Gasteiger charge is -2.45. The summed E-state index contributed by atoms with van der Waals surface area (Å²) in [5.41, 5.74) is 1.83. The first-order valence-corrected chi connectivity index (χ1v) is 13.2. The van der Waals surface area contributed by atoms with Crippen molar-refractivity contribution >= 4 is 0 Å². The third-order valence-electron chi connectivity index (χ3n) is 10.2. The average molecular weight is 424 g/mol. The Morgan fingerprint density at radius 1 is 1.23 bits per heavy atom. The van der Waals surface area contributed by atoms with Gasteiger partial charge in [-0.3, -0.25) is 0 Å². The van der Waals surface area contributed by atoms with E-state index < -0.39 is 5.60 Å². The second kappa shape index (κ2) is 8.37. The highest BCUT2D eigenvalue weighted by molar-refractivity contribution is 5.40. The van der Waals surface area contributed by atoms with E-state index >= 15 is 0 Å². The third kappa shape index (κ3) is 3.74. The van der Waals surface area contributed by atoms with Crippen molar-refractivity contribution < 1.29 is 5.11 Å². The smallest absolute Gasteiger partial charge is 0.105 e. The van der Waals surface area contributed by atoms with E-state index in [-0.39, 0.29) is 11.8 Å². The Morgan fingerprint density at radius 3 is 2.61 bits per heavy atom. The van der Waals surface area contributed by atoms with Gasteiger partial charge in [0.15, 0.2) is 0 Å². The number of nitrogens with zero attached hydrogens (tertiary/aromatic N) is 1. The topological polar surface area (TPSA) is 44.0 Å². The van der Waals surface area contributed by atoms with Gasteiger partial charge in [-0.15, -0.1) is 0 Å². The molecule has 1 N–H and O–H groups in total. The molecule has 0 aromatic carbocycles. The highest BCUT2D eigenvalue weighted by Gasteiger charge is 2.69. The maximum absolute atomic E-state index is 11.9. The van der Waals surface area contributed by atoms with Crippen molar-refractivity contribution in [2.75, 3.05) is 0 Å².